The van der Waals surface area contributed by atoms with Gasteiger partial charge in [0.05, 0.1) is 17.6 Å². The largest absolute Gasteiger partial charge is 0.493 e. The minimum atomic E-state index is -0.107. The number of carbonyl (C=O) groups excluding carboxylic acids is 1. The molecule has 0 aliphatic heterocycles. The van der Waals surface area contributed by atoms with E-state index < -0.39 is 0 Å². The molecule has 1 N–H and O–H groups in total. The van der Waals surface area contributed by atoms with Crippen molar-refractivity contribution in [3.63, 3.8) is 0 Å². The van der Waals surface area contributed by atoms with E-state index in [9.17, 15) is 4.79 Å². The number of aryl methyl sites for hydroxylation is 1. The van der Waals surface area contributed by atoms with Gasteiger partial charge in [-0.25, -0.2) is 4.98 Å². The third-order valence-corrected chi connectivity index (χ3v) is 5.25. The number of amides is 1. The van der Waals surface area contributed by atoms with Crippen LogP contribution in [0.3, 0.4) is 0 Å². The van der Waals surface area contributed by atoms with E-state index in [0.717, 1.165) is 42.0 Å². The third kappa shape index (κ3) is 6.31. The lowest BCUT2D eigenvalue weighted by atomic mass is 10.0. The highest BCUT2D eigenvalue weighted by Crippen LogP contribution is 2.26. The molecule has 0 atom stereocenters. The first-order valence-electron chi connectivity index (χ1n) is 11.0. The minimum absolute atomic E-state index is 0.0797. The average molecular weight is 424 g/mol. The molecule has 31 heavy (non-hydrogen) atoms. The Hall–Kier alpha value is -2.86. The molecule has 0 bridgehead atoms. The molecule has 0 fully saturated rings. The number of carbonyl (C=O) groups is 1. The van der Waals surface area contributed by atoms with Crippen molar-refractivity contribution >= 4 is 16.9 Å². The highest BCUT2D eigenvalue weighted by molar-refractivity contribution is 5.77. The van der Waals surface area contributed by atoms with Gasteiger partial charge in [-0.2, -0.15) is 0 Å². The zero-order valence-corrected chi connectivity index (χ0v) is 18.8. The molecular formula is C25H33N3O3. The van der Waals surface area contributed by atoms with Gasteiger partial charge in [0, 0.05) is 26.6 Å². The van der Waals surface area contributed by atoms with Gasteiger partial charge >= 0.3 is 0 Å². The second kappa shape index (κ2) is 11.5. The van der Waals surface area contributed by atoms with Crippen LogP contribution in [0.4, 0.5) is 0 Å². The maximum absolute atomic E-state index is 11.6. The summed E-state index contributed by atoms with van der Waals surface area (Å²) in [6.45, 7) is 6.56. The number of unbranched alkanes of at least 4 members (excludes halogenated alkanes) is 1. The van der Waals surface area contributed by atoms with Gasteiger partial charge in [0.2, 0.25) is 5.91 Å². The monoisotopic (exact) mass is 423 g/mol. The van der Waals surface area contributed by atoms with Crippen molar-refractivity contribution < 1.29 is 14.3 Å². The van der Waals surface area contributed by atoms with Crippen LogP contribution in [-0.4, -0.2) is 42.3 Å². The number of nitrogens with zero attached hydrogens (tertiary/aromatic N) is 2. The zero-order valence-electron chi connectivity index (χ0n) is 18.8. The van der Waals surface area contributed by atoms with Crippen LogP contribution in [0.5, 0.6) is 5.75 Å². The van der Waals surface area contributed by atoms with E-state index in [1.807, 2.05) is 24.3 Å². The molecule has 6 nitrogen and oxygen atoms in total. The van der Waals surface area contributed by atoms with E-state index in [1.165, 1.54) is 12.7 Å². The fraction of sp³-hybridized carbons (Fsp3) is 0.440. The number of ether oxygens (including phenoxy) is 2. The number of fused-ring (bicyclic) bond motifs is 1. The molecule has 0 radical (unpaired) electrons. The van der Waals surface area contributed by atoms with Crippen molar-refractivity contribution in [2.24, 2.45) is 0 Å². The van der Waals surface area contributed by atoms with Gasteiger partial charge in [0.25, 0.3) is 0 Å². The fourth-order valence-electron chi connectivity index (χ4n) is 3.70. The van der Waals surface area contributed by atoms with Crippen LogP contribution in [0.15, 0.2) is 48.5 Å². The van der Waals surface area contributed by atoms with Crippen LogP contribution in [0.2, 0.25) is 0 Å². The maximum Gasteiger partial charge on any atom is 0.245 e. The normalized spacial score (nSPS) is 11.2. The van der Waals surface area contributed by atoms with Crippen molar-refractivity contribution in [1.82, 2.24) is 14.9 Å². The Morgan fingerprint density at radius 3 is 2.68 bits per heavy atom. The van der Waals surface area contributed by atoms with Crippen LogP contribution in [0.25, 0.3) is 11.0 Å². The van der Waals surface area contributed by atoms with E-state index in [4.69, 9.17) is 14.5 Å². The fourth-order valence-corrected chi connectivity index (χ4v) is 3.70. The van der Waals surface area contributed by atoms with Gasteiger partial charge in [0.15, 0.2) is 0 Å². The summed E-state index contributed by atoms with van der Waals surface area (Å²) in [6.07, 6.45) is 2.64. The molecule has 3 rings (SSSR count). The first-order valence-corrected chi connectivity index (χ1v) is 11.0. The van der Waals surface area contributed by atoms with Gasteiger partial charge in [-0.1, -0.05) is 44.2 Å². The highest BCUT2D eigenvalue weighted by Gasteiger charge is 2.11. The summed E-state index contributed by atoms with van der Waals surface area (Å²) >= 11 is 0. The lowest BCUT2D eigenvalue weighted by molar-refractivity contribution is -0.124. The molecule has 3 aromatic rings. The first-order chi connectivity index (χ1) is 15.1. The van der Waals surface area contributed by atoms with Crippen LogP contribution in [0, 0.1) is 0 Å². The number of hydrogen-bond donors (Lipinski definition) is 1. The Kier molecular flexibility index (Phi) is 8.47. The number of para-hydroxylation sites is 3. The van der Waals surface area contributed by atoms with Gasteiger partial charge in [-0.15, -0.1) is 0 Å². The first kappa shape index (κ1) is 22.8. The van der Waals surface area contributed by atoms with Crippen LogP contribution >= 0.6 is 0 Å². The molecule has 166 valence electrons. The molecule has 1 amide bonds. The van der Waals surface area contributed by atoms with Gasteiger partial charge in [-0.3, -0.25) is 4.79 Å². The molecule has 0 unspecified atom stereocenters. The molecule has 1 aromatic heterocycles. The van der Waals surface area contributed by atoms with E-state index in [-0.39, 0.29) is 12.5 Å². The molecule has 0 saturated heterocycles. The van der Waals surface area contributed by atoms with Crippen molar-refractivity contribution in [2.45, 2.75) is 45.6 Å². The average Bonchev–Trinajstić information content (AvgIpc) is 3.11. The lowest BCUT2D eigenvalue weighted by Gasteiger charge is -2.14. The second-order valence-corrected chi connectivity index (χ2v) is 7.95. The van der Waals surface area contributed by atoms with Gasteiger partial charge in [-0.05, 0) is 42.5 Å². The molecule has 1 heterocycles. The van der Waals surface area contributed by atoms with Crippen LogP contribution in [0.1, 0.15) is 44.0 Å². The van der Waals surface area contributed by atoms with Crippen molar-refractivity contribution in [3.8, 4) is 5.75 Å². The SMILES string of the molecule is COCC(=O)NCCc1nc2ccccc2n1CCCCOc1ccccc1C(C)C. The van der Waals surface area contributed by atoms with Crippen LogP contribution in [-0.2, 0) is 22.5 Å². The smallest absolute Gasteiger partial charge is 0.245 e. The molecule has 0 aliphatic rings. The molecule has 0 aliphatic carbocycles. The molecular weight excluding hydrogens is 390 g/mol. The van der Waals surface area contributed by atoms with Crippen molar-refractivity contribution in [2.75, 3.05) is 26.9 Å². The Bertz CT molecular complexity index is 981. The summed E-state index contributed by atoms with van der Waals surface area (Å²) in [4.78, 5) is 16.4. The topological polar surface area (TPSA) is 65.4 Å². The Labute approximate surface area is 184 Å². The van der Waals surface area contributed by atoms with E-state index in [1.54, 1.807) is 0 Å². The number of methoxy groups -OCH3 is 1. The Balaban J connectivity index is 1.56. The second-order valence-electron chi connectivity index (χ2n) is 7.95. The molecule has 0 spiro atoms. The summed E-state index contributed by atoms with van der Waals surface area (Å²) in [6, 6.07) is 16.4. The predicted octanol–water partition coefficient (Wildman–Crippen LogP) is 4.32. The standard InChI is InChI=1S/C25H33N3O3/c1-19(2)20-10-4-7-13-23(20)31-17-9-8-16-28-22-12-6-5-11-21(22)27-24(28)14-15-26-25(29)18-30-3/h4-7,10-13,19H,8-9,14-18H2,1-3H3,(H,26,29). The van der Waals surface area contributed by atoms with Gasteiger partial charge < -0.3 is 19.4 Å². The van der Waals surface area contributed by atoms with Gasteiger partial charge in [0.1, 0.15) is 18.2 Å². The summed E-state index contributed by atoms with van der Waals surface area (Å²) in [5, 5.41) is 2.88. The van der Waals surface area contributed by atoms with Crippen LogP contribution < -0.4 is 10.1 Å². The number of nitrogens with one attached hydrogen (secondary N) is 1. The van der Waals surface area contributed by atoms with Crippen molar-refractivity contribution in [3.05, 3.63) is 59.9 Å². The zero-order chi connectivity index (χ0) is 22.1. The lowest BCUT2D eigenvalue weighted by Crippen LogP contribution is -2.29. The minimum Gasteiger partial charge on any atom is -0.493 e. The third-order valence-electron chi connectivity index (χ3n) is 5.25. The number of aromatic nitrogens is 2. The number of hydrogen-bond acceptors (Lipinski definition) is 4. The summed E-state index contributed by atoms with van der Waals surface area (Å²) in [5.41, 5.74) is 3.37. The summed E-state index contributed by atoms with van der Waals surface area (Å²) in [7, 11) is 1.52. The number of benzene rings is 2. The molecule has 0 saturated carbocycles. The quantitative estimate of drug-likeness (QED) is 0.441. The number of imidazole rings is 1. The molecule has 2 aromatic carbocycles. The summed E-state index contributed by atoms with van der Waals surface area (Å²) in [5.74, 6) is 2.31. The van der Waals surface area contributed by atoms with E-state index >= 15 is 0 Å². The maximum atomic E-state index is 11.6. The van der Waals surface area contributed by atoms with E-state index in [2.05, 4.69) is 48.0 Å². The Morgan fingerprint density at radius 1 is 1.10 bits per heavy atom. The van der Waals surface area contributed by atoms with E-state index in [0.29, 0.717) is 25.5 Å². The highest BCUT2D eigenvalue weighted by atomic mass is 16.5. The Morgan fingerprint density at radius 2 is 1.87 bits per heavy atom. The predicted molar refractivity (Wildman–Crippen MR) is 124 cm³/mol. The molecule has 6 heteroatoms. The number of rotatable bonds is 12. The van der Waals surface area contributed by atoms with Crippen molar-refractivity contribution in [1.29, 1.82) is 0 Å². The summed E-state index contributed by atoms with van der Waals surface area (Å²) < 4.78 is 13.2.